The smallest absolute Gasteiger partial charge is 0.220 e. The van der Waals surface area contributed by atoms with E-state index in [4.69, 9.17) is 32.7 Å². The number of hydrogen-bond donors (Lipinski definition) is 1. The summed E-state index contributed by atoms with van der Waals surface area (Å²) >= 11 is 11.5. The Morgan fingerprint density at radius 2 is 1.73 bits per heavy atom. The van der Waals surface area contributed by atoms with Crippen molar-refractivity contribution >= 4 is 29.1 Å². The molecule has 3 saturated carbocycles. The molecule has 0 radical (unpaired) electrons. The maximum absolute atomic E-state index is 13.7. The van der Waals surface area contributed by atoms with Gasteiger partial charge in [0.25, 0.3) is 0 Å². The van der Waals surface area contributed by atoms with Gasteiger partial charge in [-0.3, -0.25) is 4.79 Å². The van der Waals surface area contributed by atoms with Crippen molar-refractivity contribution in [3.63, 3.8) is 0 Å². The number of aryl methyl sites for hydroxylation is 1. The van der Waals surface area contributed by atoms with Gasteiger partial charge in [-0.15, -0.1) is 0 Å². The lowest BCUT2D eigenvalue weighted by molar-refractivity contribution is -0.139. The predicted octanol–water partition coefficient (Wildman–Crippen LogP) is 6.12. The molecule has 0 saturated heterocycles. The van der Waals surface area contributed by atoms with Crippen LogP contribution in [0.2, 0.25) is 10.0 Å². The zero-order valence-electron chi connectivity index (χ0n) is 18.4. The van der Waals surface area contributed by atoms with Crippen LogP contribution in [0.25, 0.3) is 0 Å². The maximum atomic E-state index is 13.7. The molecule has 1 unspecified atom stereocenters. The second kappa shape index (κ2) is 9.77. The molecule has 8 heteroatoms. The summed E-state index contributed by atoms with van der Waals surface area (Å²) in [7, 11) is 1.67. The Labute approximate surface area is 202 Å². The highest BCUT2D eigenvalue weighted by atomic mass is 35.5. The van der Waals surface area contributed by atoms with E-state index in [0.717, 1.165) is 37.7 Å². The van der Waals surface area contributed by atoms with Crippen LogP contribution in [0.5, 0.6) is 5.75 Å². The lowest BCUT2D eigenvalue weighted by Crippen LogP contribution is -2.66. The number of nitrogens with one attached hydrogen (secondary N) is 1. The van der Waals surface area contributed by atoms with Crippen LogP contribution in [0.3, 0.4) is 0 Å². The molecule has 0 spiro atoms. The second-order valence-electron chi connectivity index (χ2n) is 9.25. The quantitative estimate of drug-likeness (QED) is 0.477. The fourth-order valence-electron chi connectivity index (χ4n) is 5.16. The standard InChI is InChI=1S/C25H27Cl2F2NO3/c1-32-22-14-24(15-33-17-4-6-19(27)21(29)13-17)8-10-25(22,11-9-24)30-23(31)7-3-16-2-5-18(26)20(28)12-16/h2,4-6,12-13,22H,3,7-11,14-15H2,1H3,(H,30,31). The first kappa shape index (κ1) is 24.2. The average Bonchev–Trinajstić information content (AvgIpc) is 2.81. The van der Waals surface area contributed by atoms with Crippen LogP contribution in [-0.4, -0.2) is 31.3 Å². The predicted molar refractivity (Wildman–Crippen MR) is 124 cm³/mol. The Hall–Kier alpha value is -1.89. The van der Waals surface area contributed by atoms with Crippen LogP contribution in [0, 0.1) is 17.0 Å². The van der Waals surface area contributed by atoms with E-state index in [1.807, 2.05) is 0 Å². The van der Waals surface area contributed by atoms with Gasteiger partial charge in [-0.2, -0.15) is 0 Å². The number of ether oxygens (including phenoxy) is 2. The van der Waals surface area contributed by atoms with Crippen molar-refractivity contribution in [2.24, 2.45) is 5.41 Å². The number of benzene rings is 2. The molecule has 178 valence electrons. The minimum atomic E-state index is -0.503. The molecule has 3 aliphatic carbocycles. The van der Waals surface area contributed by atoms with Gasteiger partial charge in [-0.25, -0.2) is 8.78 Å². The third-order valence-electron chi connectivity index (χ3n) is 7.17. The molecule has 1 atom stereocenters. The molecule has 1 N–H and O–H groups in total. The summed E-state index contributed by atoms with van der Waals surface area (Å²) in [6.07, 6.45) is 4.64. The Morgan fingerprint density at radius 1 is 1.06 bits per heavy atom. The summed E-state index contributed by atoms with van der Waals surface area (Å²) in [5.74, 6) is -0.604. The van der Waals surface area contributed by atoms with E-state index in [0.29, 0.717) is 18.8 Å². The number of carbonyl (C=O) groups is 1. The Bertz CT molecular complexity index is 1020. The minimum absolute atomic E-state index is 0.0667. The number of fused-ring (bicyclic) bond motifs is 3. The van der Waals surface area contributed by atoms with Gasteiger partial charge in [0.05, 0.1) is 28.3 Å². The van der Waals surface area contributed by atoms with Gasteiger partial charge in [0, 0.05) is 25.0 Å². The third-order valence-corrected chi connectivity index (χ3v) is 7.78. The van der Waals surface area contributed by atoms with Crippen molar-refractivity contribution in [1.82, 2.24) is 5.32 Å². The van der Waals surface area contributed by atoms with E-state index in [-0.39, 0.29) is 33.9 Å². The number of methoxy groups -OCH3 is 1. The monoisotopic (exact) mass is 497 g/mol. The fraction of sp³-hybridized carbons (Fsp3) is 0.480. The second-order valence-corrected chi connectivity index (χ2v) is 10.1. The highest BCUT2D eigenvalue weighted by Crippen LogP contribution is 2.53. The molecule has 33 heavy (non-hydrogen) atoms. The fourth-order valence-corrected chi connectivity index (χ4v) is 5.39. The van der Waals surface area contributed by atoms with E-state index in [1.165, 1.54) is 24.3 Å². The first-order chi connectivity index (χ1) is 15.7. The molecule has 0 aliphatic heterocycles. The largest absolute Gasteiger partial charge is 0.493 e. The maximum Gasteiger partial charge on any atom is 0.220 e. The summed E-state index contributed by atoms with van der Waals surface area (Å²) in [5, 5.41) is 3.37. The molecule has 3 aliphatic rings. The summed E-state index contributed by atoms with van der Waals surface area (Å²) < 4.78 is 39.1. The summed E-state index contributed by atoms with van der Waals surface area (Å²) in [6.45, 7) is 0.458. The summed E-state index contributed by atoms with van der Waals surface area (Å²) in [6, 6.07) is 9.06. The number of amides is 1. The zero-order valence-corrected chi connectivity index (χ0v) is 19.9. The van der Waals surface area contributed by atoms with Crippen molar-refractivity contribution in [2.45, 2.75) is 56.6 Å². The highest BCUT2D eigenvalue weighted by Gasteiger charge is 2.55. The van der Waals surface area contributed by atoms with E-state index in [1.54, 1.807) is 19.2 Å². The molecule has 0 heterocycles. The van der Waals surface area contributed by atoms with Crippen molar-refractivity contribution in [3.05, 3.63) is 63.6 Å². The molecule has 2 aromatic carbocycles. The Kier molecular flexibility index (Phi) is 7.18. The number of rotatable bonds is 8. The SMILES string of the molecule is COC1CC2(COc3ccc(Cl)c(F)c3)CCC1(NC(=O)CCc1ccc(Cl)c(F)c1)CC2. The van der Waals surface area contributed by atoms with Gasteiger partial charge in [-0.1, -0.05) is 29.3 Å². The number of hydrogen-bond acceptors (Lipinski definition) is 3. The normalized spacial score (nSPS) is 26.3. The molecule has 5 rings (SSSR count). The van der Waals surface area contributed by atoms with Gasteiger partial charge in [0.1, 0.15) is 17.4 Å². The molecular weight excluding hydrogens is 471 g/mol. The molecule has 2 aromatic rings. The molecule has 0 aromatic heterocycles. The number of halogens is 4. The Balaban J connectivity index is 1.35. The van der Waals surface area contributed by atoms with Crippen LogP contribution < -0.4 is 10.1 Å². The first-order valence-electron chi connectivity index (χ1n) is 11.1. The van der Waals surface area contributed by atoms with Crippen LogP contribution in [0.4, 0.5) is 8.78 Å². The van der Waals surface area contributed by atoms with E-state index in [2.05, 4.69) is 5.32 Å². The van der Waals surface area contributed by atoms with E-state index in [9.17, 15) is 13.6 Å². The van der Waals surface area contributed by atoms with Crippen molar-refractivity contribution in [1.29, 1.82) is 0 Å². The van der Waals surface area contributed by atoms with Crippen LogP contribution in [0.15, 0.2) is 36.4 Å². The van der Waals surface area contributed by atoms with Gasteiger partial charge in [0.2, 0.25) is 5.91 Å². The third kappa shape index (κ3) is 5.28. The topological polar surface area (TPSA) is 47.6 Å². The van der Waals surface area contributed by atoms with Crippen LogP contribution >= 0.6 is 23.2 Å². The van der Waals surface area contributed by atoms with Crippen LogP contribution in [0.1, 0.15) is 44.1 Å². The first-order valence-corrected chi connectivity index (χ1v) is 11.9. The molecule has 3 fully saturated rings. The van der Waals surface area contributed by atoms with Crippen molar-refractivity contribution < 1.29 is 23.0 Å². The highest BCUT2D eigenvalue weighted by molar-refractivity contribution is 6.31. The molecule has 4 nitrogen and oxygen atoms in total. The van der Waals surface area contributed by atoms with Gasteiger partial charge >= 0.3 is 0 Å². The van der Waals surface area contributed by atoms with E-state index >= 15 is 0 Å². The Morgan fingerprint density at radius 3 is 2.36 bits per heavy atom. The van der Waals surface area contributed by atoms with Gasteiger partial charge in [-0.05, 0) is 68.4 Å². The van der Waals surface area contributed by atoms with Crippen molar-refractivity contribution in [2.75, 3.05) is 13.7 Å². The van der Waals surface area contributed by atoms with Gasteiger partial charge < -0.3 is 14.8 Å². The summed E-state index contributed by atoms with van der Waals surface area (Å²) in [4.78, 5) is 12.8. The molecule has 1 amide bonds. The van der Waals surface area contributed by atoms with E-state index < -0.39 is 17.2 Å². The molecule has 2 bridgehead atoms. The zero-order chi connectivity index (χ0) is 23.6. The number of carbonyl (C=O) groups excluding carboxylic acids is 1. The van der Waals surface area contributed by atoms with Crippen LogP contribution in [-0.2, 0) is 16.0 Å². The average molecular weight is 498 g/mol. The van der Waals surface area contributed by atoms with Gasteiger partial charge in [0.15, 0.2) is 0 Å². The lowest BCUT2D eigenvalue weighted by Gasteiger charge is -2.57. The molecular formula is C25H27Cl2F2NO3. The summed E-state index contributed by atoms with van der Waals surface area (Å²) in [5.41, 5.74) is 0.241. The lowest BCUT2D eigenvalue weighted by atomic mass is 9.56. The van der Waals surface area contributed by atoms with Crippen molar-refractivity contribution in [3.8, 4) is 5.75 Å². The minimum Gasteiger partial charge on any atom is -0.493 e.